The lowest BCUT2D eigenvalue weighted by Gasteiger charge is -2.31. The number of hydrogen-bond donors (Lipinski definition) is 3. The molecule has 0 bridgehead atoms. The number of halogens is 1. The molecule has 0 aliphatic carbocycles. The summed E-state index contributed by atoms with van der Waals surface area (Å²) >= 11 is 6.36. The molecular formula is C20H24ClN3O4. The fraction of sp³-hybridized carbons (Fsp3) is 0.550. The lowest BCUT2D eigenvalue weighted by molar-refractivity contribution is -0.145. The van der Waals surface area contributed by atoms with Gasteiger partial charge < -0.3 is 10.4 Å². The number of anilines is 1. The van der Waals surface area contributed by atoms with Crippen molar-refractivity contribution >= 4 is 35.0 Å². The van der Waals surface area contributed by atoms with E-state index in [1.807, 2.05) is 26.8 Å². The van der Waals surface area contributed by atoms with E-state index in [0.717, 1.165) is 5.56 Å². The molecule has 3 aliphatic rings. The van der Waals surface area contributed by atoms with Crippen LogP contribution in [0.5, 0.6) is 0 Å². The second-order valence-electron chi connectivity index (χ2n) is 8.15. The molecule has 3 heterocycles. The van der Waals surface area contributed by atoms with E-state index in [-0.39, 0.29) is 17.9 Å². The molecule has 1 aromatic carbocycles. The summed E-state index contributed by atoms with van der Waals surface area (Å²) < 4.78 is 0. The van der Waals surface area contributed by atoms with Crippen LogP contribution in [0.4, 0.5) is 5.69 Å². The zero-order chi connectivity index (χ0) is 20.5. The van der Waals surface area contributed by atoms with Crippen LogP contribution in [-0.2, 0) is 19.9 Å². The molecule has 3 amide bonds. The Morgan fingerprint density at radius 2 is 1.93 bits per heavy atom. The van der Waals surface area contributed by atoms with Gasteiger partial charge in [0.05, 0.1) is 28.6 Å². The fourth-order valence-corrected chi connectivity index (χ4v) is 5.30. The lowest BCUT2D eigenvalue weighted by Crippen LogP contribution is -2.55. The Bertz CT molecular complexity index is 902. The van der Waals surface area contributed by atoms with Gasteiger partial charge in [-0.2, -0.15) is 0 Å². The minimum Gasteiger partial charge on any atom is -0.392 e. The first-order valence-electron chi connectivity index (χ1n) is 9.59. The quantitative estimate of drug-likeness (QED) is 0.663. The topological polar surface area (TPSA) is 98.7 Å². The smallest absolute Gasteiger partial charge is 0.250 e. The van der Waals surface area contributed by atoms with Crippen LogP contribution in [0, 0.1) is 18.8 Å². The molecule has 1 spiro atoms. The number of nitrogens with one attached hydrogen (secondary N) is 2. The predicted octanol–water partition coefficient (Wildman–Crippen LogP) is 1.55. The van der Waals surface area contributed by atoms with Gasteiger partial charge in [0.15, 0.2) is 0 Å². The molecule has 150 valence electrons. The third kappa shape index (κ3) is 2.27. The highest BCUT2D eigenvalue weighted by atomic mass is 35.5. The number of aryl methyl sites for hydroxylation is 1. The van der Waals surface area contributed by atoms with Gasteiger partial charge in [-0.15, -0.1) is 0 Å². The van der Waals surface area contributed by atoms with Crippen molar-refractivity contribution < 1.29 is 19.5 Å². The molecule has 6 atom stereocenters. The number of benzene rings is 1. The first-order valence-corrected chi connectivity index (χ1v) is 9.97. The Morgan fingerprint density at radius 3 is 2.54 bits per heavy atom. The van der Waals surface area contributed by atoms with Crippen LogP contribution < -0.4 is 10.6 Å². The minimum atomic E-state index is -1.42. The van der Waals surface area contributed by atoms with E-state index in [2.05, 4.69) is 10.6 Å². The molecule has 3 N–H and O–H groups in total. The first-order chi connectivity index (χ1) is 13.1. The summed E-state index contributed by atoms with van der Waals surface area (Å²) in [6, 6.07) is 2.57. The average molecular weight is 406 g/mol. The maximum atomic E-state index is 13.4. The number of rotatable bonds is 3. The lowest BCUT2D eigenvalue weighted by atomic mass is 9.76. The number of likely N-dealkylation sites (tertiary alicyclic amines) is 1. The predicted molar refractivity (Wildman–Crippen MR) is 104 cm³/mol. The van der Waals surface area contributed by atoms with Gasteiger partial charge in [-0.25, -0.2) is 0 Å². The number of imide groups is 1. The van der Waals surface area contributed by atoms with E-state index in [4.69, 9.17) is 11.6 Å². The number of aliphatic hydroxyl groups is 1. The molecule has 0 radical (unpaired) electrons. The van der Waals surface area contributed by atoms with E-state index < -0.39 is 35.4 Å². The molecule has 2 fully saturated rings. The number of aliphatic hydroxyl groups excluding tert-OH is 1. The van der Waals surface area contributed by atoms with Crippen LogP contribution in [-0.4, -0.2) is 45.9 Å². The highest BCUT2D eigenvalue weighted by Crippen LogP contribution is 2.55. The van der Waals surface area contributed by atoms with E-state index in [1.54, 1.807) is 13.0 Å². The number of hydrogen-bond acceptors (Lipinski definition) is 5. The normalized spacial score (nSPS) is 33.3. The van der Waals surface area contributed by atoms with Crippen LogP contribution in [0.3, 0.4) is 0 Å². The zero-order valence-electron chi connectivity index (χ0n) is 16.2. The summed E-state index contributed by atoms with van der Waals surface area (Å²) in [5, 5.41) is 16.7. The van der Waals surface area contributed by atoms with Crippen LogP contribution in [0.2, 0.25) is 5.02 Å². The van der Waals surface area contributed by atoms with Crippen molar-refractivity contribution in [2.75, 3.05) is 5.32 Å². The second-order valence-corrected chi connectivity index (χ2v) is 8.56. The van der Waals surface area contributed by atoms with Gasteiger partial charge >= 0.3 is 0 Å². The number of carbonyl (C=O) groups is 3. The molecule has 0 saturated carbocycles. The van der Waals surface area contributed by atoms with Crippen LogP contribution in [0.15, 0.2) is 12.1 Å². The molecule has 2 saturated heterocycles. The third-order valence-electron chi connectivity index (χ3n) is 6.44. The maximum absolute atomic E-state index is 13.4. The Kier molecular flexibility index (Phi) is 4.34. The van der Waals surface area contributed by atoms with Crippen molar-refractivity contribution in [3.63, 3.8) is 0 Å². The van der Waals surface area contributed by atoms with Crippen LogP contribution >= 0.6 is 11.6 Å². The van der Waals surface area contributed by atoms with Gasteiger partial charge in [0.1, 0.15) is 5.54 Å². The van der Waals surface area contributed by atoms with Crippen LogP contribution in [0.25, 0.3) is 0 Å². The Labute approximate surface area is 168 Å². The Hall–Kier alpha value is -1.96. The van der Waals surface area contributed by atoms with Crippen molar-refractivity contribution in [2.45, 2.75) is 57.8 Å². The van der Waals surface area contributed by atoms with Crippen molar-refractivity contribution in [2.24, 2.45) is 11.8 Å². The summed E-state index contributed by atoms with van der Waals surface area (Å²) in [6.07, 6.45) is -0.303. The molecule has 28 heavy (non-hydrogen) atoms. The summed E-state index contributed by atoms with van der Waals surface area (Å²) in [5.74, 6) is -2.86. The Morgan fingerprint density at radius 1 is 1.25 bits per heavy atom. The number of carbonyl (C=O) groups excluding carboxylic acids is 3. The number of fused-ring (bicyclic) bond motifs is 4. The Balaban J connectivity index is 1.94. The van der Waals surface area contributed by atoms with E-state index in [0.29, 0.717) is 22.7 Å². The van der Waals surface area contributed by atoms with Crippen molar-refractivity contribution in [3.05, 3.63) is 28.3 Å². The second kappa shape index (κ2) is 6.27. The SMILES string of the molecule is CC[C@@H](C)N1C(=O)[C@@H]2[C@@H]([C@@H](C)O)N[C@]3(C(=O)Nc4c(Cl)cc(C)cc43)[C@@H]2C1=O. The summed E-state index contributed by atoms with van der Waals surface area (Å²) in [4.78, 5) is 41.1. The van der Waals surface area contributed by atoms with Gasteiger partial charge in [-0.3, -0.25) is 24.6 Å². The minimum absolute atomic E-state index is 0.276. The maximum Gasteiger partial charge on any atom is 0.250 e. The third-order valence-corrected chi connectivity index (χ3v) is 6.74. The fourth-order valence-electron chi connectivity index (χ4n) is 4.98. The summed E-state index contributed by atoms with van der Waals surface area (Å²) in [6.45, 7) is 7.14. The molecule has 3 aliphatic heterocycles. The van der Waals surface area contributed by atoms with Gasteiger partial charge in [-0.1, -0.05) is 24.6 Å². The summed E-state index contributed by atoms with van der Waals surface area (Å²) in [5.41, 5.74) is 0.436. The number of nitrogens with zero attached hydrogens (tertiary/aromatic N) is 1. The average Bonchev–Trinajstić information content (AvgIpc) is 3.21. The molecule has 0 aromatic heterocycles. The molecule has 7 nitrogen and oxygen atoms in total. The van der Waals surface area contributed by atoms with E-state index >= 15 is 0 Å². The molecular weight excluding hydrogens is 382 g/mol. The number of amides is 3. The standard InChI is InChI=1S/C20H24ClN3O4/c1-5-9(3)24-17(26)13-14(18(24)27)20(23-15(13)10(4)25)11-6-8(2)7-12(21)16(11)22-19(20)28/h6-7,9-10,13-15,23,25H,5H2,1-4H3,(H,22,28)/t9-,10-,13+,14+,15-,20+/m1/s1. The van der Waals surface area contributed by atoms with Gasteiger partial charge in [0.25, 0.3) is 0 Å². The van der Waals surface area contributed by atoms with Crippen molar-refractivity contribution in [3.8, 4) is 0 Å². The molecule has 0 unspecified atom stereocenters. The van der Waals surface area contributed by atoms with E-state index in [1.165, 1.54) is 4.90 Å². The van der Waals surface area contributed by atoms with Gasteiger partial charge in [-0.05, 0) is 38.8 Å². The van der Waals surface area contributed by atoms with E-state index in [9.17, 15) is 19.5 Å². The van der Waals surface area contributed by atoms with Crippen LogP contribution in [0.1, 0.15) is 38.3 Å². The van der Waals surface area contributed by atoms with Crippen molar-refractivity contribution in [1.29, 1.82) is 0 Å². The van der Waals surface area contributed by atoms with Gasteiger partial charge in [0.2, 0.25) is 17.7 Å². The monoisotopic (exact) mass is 405 g/mol. The first kappa shape index (κ1) is 19.4. The largest absolute Gasteiger partial charge is 0.392 e. The van der Waals surface area contributed by atoms with Crippen molar-refractivity contribution in [1.82, 2.24) is 10.2 Å². The highest BCUT2D eigenvalue weighted by Gasteiger charge is 2.71. The molecule has 1 aromatic rings. The summed E-state index contributed by atoms with van der Waals surface area (Å²) in [7, 11) is 0. The van der Waals surface area contributed by atoms with Gasteiger partial charge in [0, 0.05) is 17.6 Å². The molecule has 4 rings (SSSR count). The zero-order valence-corrected chi connectivity index (χ0v) is 17.0. The highest BCUT2D eigenvalue weighted by molar-refractivity contribution is 6.35. The molecule has 8 heteroatoms.